The number of hydrogen-bond donors (Lipinski definition) is 0. The monoisotopic (exact) mass is 240 g/mol. The van der Waals surface area contributed by atoms with Crippen molar-refractivity contribution in [2.24, 2.45) is 11.8 Å². The van der Waals surface area contributed by atoms with Gasteiger partial charge >= 0.3 is 0 Å². The molecule has 3 rings (SSSR count). The number of hydrogen-bond acceptors (Lipinski definition) is 4. The van der Waals surface area contributed by atoms with Crippen LogP contribution in [0.2, 0.25) is 0 Å². The Labute approximate surface area is 104 Å². The maximum Gasteiger partial charge on any atom is 0.220 e. The Bertz CT molecular complexity index is 620. The van der Waals surface area contributed by atoms with Gasteiger partial charge in [0.1, 0.15) is 5.52 Å². The van der Waals surface area contributed by atoms with Gasteiger partial charge in [-0.3, -0.25) is 4.79 Å². The molecule has 1 fully saturated rings. The highest BCUT2D eigenvalue weighted by Crippen LogP contribution is 2.42. The van der Waals surface area contributed by atoms with Crippen LogP contribution in [0.25, 0.3) is 11.1 Å². The van der Waals surface area contributed by atoms with E-state index >= 15 is 0 Å². The van der Waals surface area contributed by atoms with Gasteiger partial charge < -0.3 is 4.42 Å². The van der Waals surface area contributed by atoms with Crippen molar-refractivity contribution in [2.75, 3.05) is 0 Å². The Balaban J connectivity index is 1.96. The third kappa shape index (κ3) is 1.68. The normalized spacial score (nSPS) is 23.6. The fraction of sp³-hybridized carbons (Fsp3) is 0.357. The van der Waals surface area contributed by atoms with E-state index in [0.717, 1.165) is 6.42 Å². The second kappa shape index (κ2) is 3.95. The summed E-state index contributed by atoms with van der Waals surface area (Å²) < 4.78 is 5.50. The molecule has 0 N–H and O–H groups in total. The van der Waals surface area contributed by atoms with Crippen LogP contribution in [0.1, 0.15) is 25.2 Å². The van der Waals surface area contributed by atoms with Crippen molar-refractivity contribution >= 4 is 16.9 Å². The first-order chi connectivity index (χ1) is 8.70. The molecule has 0 amide bonds. The van der Waals surface area contributed by atoms with Crippen molar-refractivity contribution in [2.45, 2.75) is 19.3 Å². The summed E-state index contributed by atoms with van der Waals surface area (Å²) >= 11 is 0. The minimum absolute atomic E-state index is 0.00432. The number of ketones is 1. The molecule has 1 saturated carbocycles. The molecular weight excluding hydrogens is 228 g/mol. The Morgan fingerprint density at radius 1 is 1.56 bits per heavy atom. The standard InChI is InChI=1S/C14H12N2O2/c1-8-6-9(8)13(17)10(7-15)14-16-11-4-2-3-5-12(11)18-14/h2-5,8-10H,6H2,1H3/t8-,9+,10+/m1/s1. The Kier molecular flexibility index (Phi) is 2.41. The van der Waals surface area contributed by atoms with Crippen LogP contribution in [0.3, 0.4) is 0 Å². The first-order valence-electron chi connectivity index (χ1n) is 5.99. The lowest BCUT2D eigenvalue weighted by Crippen LogP contribution is -2.13. The van der Waals surface area contributed by atoms with Gasteiger partial charge in [-0.2, -0.15) is 5.26 Å². The number of carbonyl (C=O) groups is 1. The van der Waals surface area contributed by atoms with Gasteiger partial charge in [0.25, 0.3) is 0 Å². The molecule has 1 aliphatic rings. The molecule has 1 heterocycles. The van der Waals surface area contributed by atoms with Gasteiger partial charge in [-0.25, -0.2) is 4.98 Å². The SMILES string of the molecule is C[C@@H]1C[C@@H]1C(=O)[C@H](C#N)c1nc2ccccc2o1. The third-order valence-corrected chi connectivity index (χ3v) is 3.45. The summed E-state index contributed by atoms with van der Waals surface area (Å²) in [6, 6.07) is 9.29. The quantitative estimate of drug-likeness (QED) is 0.827. The van der Waals surface area contributed by atoms with Crippen LogP contribution in [0.15, 0.2) is 28.7 Å². The van der Waals surface area contributed by atoms with Crippen LogP contribution in [-0.2, 0) is 4.79 Å². The highest BCUT2D eigenvalue weighted by atomic mass is 16.3. The van der Waals surface area contributed by atoms with E-state index in [1.807, 2.05) is 25.1 Å². The Morgan fingerprint density at radius 3 is 2.89 bits per heavy atom. The molecular formula is C14H12N2O2. The smallest absolute Gasteiger partial charge is 0.220 e. The first-order valence-corrected chi connectivity index (χ1v) is 5.99. The predicted molar refractivity (Wildman–Crippen MR) is 64.6 cm³/mol. The third-order valence-electron chi connectivity index (χ3n) is 3.45. The van der Waals surface area contributed by atoms with E-state index in [0.29, 0.717) is 17.0 Å². The zero-order valence-corrected chi connectivity index (χ0v) is 9.96. The fourth-order valence-corrected chi connectivity index (χ4v) is 2.19. The highest BCUT2D eigenvalue weighted by Gasteiger charge is 2.44. The molecule has 0 bridgehead atoms. The summed E-state index contributed by atoms with van der Waals surface area (Å²) in [6.45, 7) is 2.02. The van der Waals surface area contributed by atoms with Crippen molar-refractivity contribution in [3.05, 3.63) is 30.2 Å². The lowest BCUT2D eigenvalue weighted by molar-refractivity contribution is -0.121. The van der Waals surface area contributed by atoms with Crippen molar-refractivity contribution in [3.8, 4) is 6.07 Å². The average Bonchev–Trinajstić information content (AvgIpc) is 2.95. The number of para-hydroxylation sites is 2. The largest absolute Gasteiger partial charge is 0.439 e. The Morgan fingerprint density at radius 2 is 2.28 bits per heavy atom. The van der Waals surface area contributed by atoms with Crippen LogP contribution in [0.4, 0.5) is 0 Å². The van der Waals surface area contributed by atoms with Gasteiger partial charge in [-0.1, -0.05) is 19.1 Å². The number of nitrogens with zero attached hydrogens (tertiary/aromatic N) is 2. The predicted octanol–water partition coefficient (Wildman–Crippen LogP) is 2.66. The molecule has 1 aromatic heterocycles. The van der Waals surface area contributed by atoms with E-state index in [2.05, 4.69) is 4.98 Å². The van der Waals surface area contributed by atoms with Gasteiger partial charge in [0, 0.05) is 5.92 Å². The number of oxazole rings is 1. The van der Waals surface area contributed by atoms with Crippen LogP contribution in [-0.4, -0.2) is 10.8 Å². The summed E-state index contributed by atoms with van der Waals surface area (Å²) in [7, 11) is 0. The summed E-state index contributed by atoms with van der Waals surface area (Å²) in [5.41, 5.74) is 1.30. The molecule has 0 saturated heterocycles. The van der Waals surface area contributed by atoms with E-state index in [4.69, 9.17) is 9.68 Å². The summed E-state index contributed by atoms with van der Waals surface area (Å²) in [4.78, 5) is 16.3. The number of benzene rings is 1. The number of nitriles is 1. The lowest BCUT2D eigenvalue weighted by Gasteiger charge is -2.01. The second-order valence-electron chi connectivity index (χ2n) is 4.80. The molecule has 1 aliphatic carbocycles. The molecule has 2 aromatic rings. The molecule has 18 heavy (non-hydrogen) atoms. The number of Topliss-reactive ketones (excluding diaryl/α,β-unsaturated/α-hetero) is 1. The van der Waals surface area contributed by atoms with Gasteiger partial charge in [0.15, 0.2) is 17.3 Å². The van der Waals surface area contributed by atoms with E-state index in [9.17, 15) is 4.79 Å². The highest BCUT2D eigenvalue weighted by molar-refractivity contribution is 5.92. The maximum atomic E-state index is 12.1. The molecule has 1 aromatic carbocycles. The topological polar surface area (TPSA) is 66.9 Å². The average molecular weight is 240 g/mol. The molecule has 90 valence electrons. The van der Waals surface area contributed by atoms with Gasteiger partial charge in [0.05, 0.1) is 6.07 Å². The van der Waals surface area contributed by atoms with E-state index in [-0.39, 0.29) is 17.6 Å². The molecule has 0 unspecified atom stereocenters. The fourth-order valence-electron chi connectivity index (χ4n) is 2.19. The lowest BCUT2D eigenvalue weighted by atomic mass is 10.0. The van der Waals surface area contributed by atoms with Crippen molar-refractivity contribution in [3.63, 3.8) is 0 Å². The van der Waals surface area contributed by atoms with Crippen molar-refractivity contribution < 1.29 is 9.21 Å². The maximum absolute atomic E-state index is 12.1. The number of carbonyl (C=O) groups excluding carboxylic acids is 1. The molecule has 0 spiro atoms. The number of fused-ring (bicyclic) bond motifs is 1. The summed E-state index contributed by atoms with van der Waals surface area (Å²) in [5, 5.41) is 9.17. The van der Waals surface area contributed by atoms with Crippen molar-refractivity contribution in [1.29, 1.82) is 5.26 Å². The number of rotatable bonds is 3. The van der Waals surface area contributed by atoms with Crippen molar-refractivity contribution in [1.82, 2.24) is 4.98 Å². The van der Waals surface area contributed by atoms with Crippen LogP contribution in [0.5, 0.6) is 0 Å². The zero-order valence-electron chi connectivity index (χ0n) is 9.96. The van der Waals surface area contributed by atoms with E-state index < -0.39 is 5.92 Å². The van der Waals surface area contributed by atoms with E-state index in [1.54, 1.807) is 12.1 Å². The molecule has 3 atom stereocenters. The summed E-state index contributed by atoms with van der Waals surface area (Å²) in [6.07, 6.45) is 0.872. The second-order valence-corrected chi connectivity index (χ2v) is 4.80. The van der Waals surface area contributed by atoms with Crippen LogP contribution < -0.4 is 0 Å². The summed E-state index contributed by atoms with van der Waals surface area (Å²) in [5.74, 6) is -0.311. The molecule has 0 radical (unpaired) electrons. The minimum Gasteiger partial charge on any atom is -0.439 e. The Hall–Kier alpha value is -2.15. The minimum atomic E-state index is -0.868. The van der Waals surface area contributed by atoms with Gasteiger partial charge in [-0.05, 0) is 24.5 Å². The number of aromatic nitrogens is 1. The van der Waals surface area contributed by atoms with E-state index in [1.165, 1.54) is 0 Å². The zero-order chi connectivity index (χ0) is 12.7. The van der Waals surface area contributed by atoms with Crippen LogP contribution >= 0.6 is 0 Å². The molecule has 4 heteroatoms. The van der Waals surface area contributed by atoms with Gasteiger partial charge in [-0.15, -0.1) is 0 Å². The molecule has 4 nitrogen and oxygen atoms in total. The molecule has 0 aliphatic heterocycles. The van der Waals surface area contributed by atoms with Crippen LogP contribution in [0, 0.1) is 23.2 Å². The first kappa shape index (κ1) is 11.0. The van der Waals surface area contributed by atoms with Gasteiger partial charge in [0.2, 0.25) is 5.89 Å².